The van der Waals surface area contributed by atoms with Crippen LogP contribution >= 0.6 is 23.4 Å². The Balaban J connectivity index is 2.10. The molecule has 1 aromatic carbocycles. The fourth-order valence-corrected chi connectivity index (χ4v) is 2.57. The number of thioether (sulfide) groups is 1. The fraction of sp³-hybridized carbons (Fsp3) is 0.182. The van der Waals surface area contributed by atoms with E-state index in [4.69, 9.17) is 17.3 Å². The first-order chi connectivity index (χ1) is 7.66. The zero-order valence-electron chi connectivity index (χ0n) is 8.85. The van der Waals surface area contributed by atoms with Gasteiger partial charge in [-0.25, -0.2) is 4.98 Å². The van der Waals surface area contributed by atoms with Crippen molar-refractivity contribution in [2.24, 2.45) is 7.05 Å². The molecule has 2 rings (SSSR count). The quantitative estimate of drug-likeness (QED) is 0.676. The van der Waals surface area contributed by atoms with Gasteiger partial charge in [0.2, 0.25) is 0 Å². The summed E-state index contributed by atoms with van der Waals surface area (Å²) in [5, 5.41) is 0.710. The van der Waals surface area contributed by atoms with Crippen LogP contribution in [0, 0.1) is 0 Å². The van der Waals surface area contributed by atoms with Crippen molar-refractivity contribution < 1.29 is 0 Å². The molecule has 0 spiro atoms. The lowest BCUT2D eigenvalue weighted by atomic mass is 10.3. The summed E-state index contributed by atoms with van der Waals surface area (Å²) >= 11 is 7.59. The van der Waals surface area contributed by atoms with Crippen LogP contribution in [0.15, 0.2) is 35.6 Å². The first-order valence-corrected chi connectivity index (χ1v) is 6.16. The summed E-state index contributed by atoms with van der Waals surface area (Å²) < 4.78 is 1.99. The van der Waals surface area contributed by atoms with Gasteiger partial charge in [-0.15, -0.1) is 11.8 Å². The molecule has 0 aliphatic heterocycles. The summed E-state index contributed by atoms with van der Waals surface area (Å²) in [6.45, 7) is 0. The van der Waals surface area contributed by atoms with Crippen LogP contribution in [0.4, 0.5) is 5.69 Å². The van der Waals surface area contributed by atoms with E-state index in [1.165, 1.54) is 0 Å². The minimum Gasteiger partial charge on any atom is -0.398 e. The van der Waals surface area contributed by atoms with Crippen molar-refractivity contribution in [3.05, 3.63) is 41.4 Å². The molecule has 1 aromatic heterocycles. The molecule has 0 aliphatic carbocycles. The van der Waals surface area contributed by atoms with Crippen LogP contribution in [-0.2, 0) is 12.8 Å². The van der Waals surface area contributed by atoms with Gasteiger partial charge in [-0.2, -0.15) is 0 Å². The highest BCUT2D eigenvalue weighted by molar-refractivity contribution is 7.98. The number of hydrogen-bond donors (Lipinski definition) is 1. The lowest BCUT2D eigenvalue weighted by Crippen LogP contribution is -1.93. The summed E-state index contributed by atoms with van der Waals surface area (Å²) in [6, 6.07) is 5.51. The molecule has 3 nitrogen and oxygen atoms in total. The smallest absolute Gasteiger partial charge is 0.0945 e. The molecular weight excluding hydrogens is 242 g/mol. The van der Waals surface area contributed by atoms with Crippen molar-refractivity contribution in [1.82, 2.24) is 9.55 Å². The standard InChI is InChI=1S/C11H12ClN3S/c1-15-7-14-5-9(15)6-16-11-4-8(12)2-3-10(11)13/h2-5,7H,6,13H2,1H3. The summed E-state index contributed by atoms with van der Waals surface area (Å²) in [5.41, 5.74) is 7.78. The highest BCUT2D eigenvalue weighted by atomic mass is 35.5. The minimum absolute atomic E-state index is 0.710. The second-order valence-electron chi connectivity index (χ2n) is 3.47. The van der Waals surface area contributed by atoms with E-state index in [1.807, 2.05) is 29.9 Å². The Bertz CT molecular complexity index is 496. The third-order valence-corrected chi connectivity index (χ3v) is 3.61. The number of rotatable bonds is 3. The highest BCUT2D eigenvalue weighted by Gasteiger charge is 2.04. The molecule has 84 valence electrons. The monoisotopic (exact) mass is 253 g/mol. The third-order valence-electron chi connectivity index (χ3n) is 2.27. The van der Waals surface area contributed by atoms with Crippen LogP contribution < -0.4 is 5.73 Å². The molecule has 0 saturated carbocycles. The van der Waals surface area contributed by atoms with Gasteiger partial charge in [0, 0.05) is 40.3 Å². The van der Waals surface area contributed by atoms with Crippen LogP contribution in [-0.4, -0.2) is 9.55 Å². The van der Waals surface area contributed by atoms with E-state index in [0.717, 1.165) is 22.0 Å². The summed E-state index contributed by atoms with van der Waals surface area (Å²) in [6.07, 6.45) is 3.64. The van der Waals surface area contributed by atoms with Crippen LogP contribution in [0.3, 0.4) is 0 Å². The van der Waals surface area contributed by atoms with E-state index in [1.54, 1.807) is 24.2 Å². The number of benzene rings is 1. The predicted octanol–water partition coefficient (Wildman–Crippen LogP) is 2.95. The topological polar surface area (TPSA) is 43.8 Å². The van der Waals surface area contributed by atoms with Crippen molar-refractivity contribution in [2.45, 2.75) is 10.6 Å². The van der Waals surface area contributed by atoms with Crippen LogP contribution in [0.5, 0.6) is 0 Å². The van der Waals surface area contributed by atoms with Gasteiger partial charge in [0.15, 0.2) is 0 Å². The number of imidazole rings is 1. The normalized spacial score (nSPS) is 10.6. The average molecular weight is 254 g/mol. The van der Waals surface area contributed by atoms with Crippen molar-refractivity contribution in [1.29, 1.82) is 0 Å². The molecule has 0 saturated heterocycles. The Labute approximate surface area is 104 Å². The molecular formula is C11H12ClN3S. The molecule has 0 fully saturated rings. The van der Waals surface area contributed by atoms with Crippen molar-refractivity contribution in [2.75, 3.05) is 5.73 Å². The molecule has 0 radical (unpaired) electrons. The molecule has 2 aromatic rings. The maximum Gasteiger partial charge on any atom is 0.0945 e. The molecule has 0 unspecified atom stereocenters. The van der Waals surface area contributed by atoms with Crippen LogP contribution in [0.2, 0.25) is 5.02 Å². The number of nitrogen functional groups attached to an aromatic ring is 1. The van der Waals surface area contributed by atoms with Gasteiger partial charge in [0.25, 0.3) is 0 Å². The van der Waals surface area contributed by atoms with E-state index in [9.17, 15) is 0 Å². The molecule has 0 bridgehead atoms. The number of hydrogen-bond acceptors (Lipinski definition) is 3. The van der Waals surface area contributed by atoms with E-state index < -0.39 is 0 Å². The Morgan fingerprint density at radius 1 is 1.50 bits per heavy atom. The fourth-order valence-electron chi connectivity index (χ4n) is 1.31. The molecule has 16 heavy (non-hydrogen) atoms. The Hall–Kier alpha value is -1.13. The zero-order valence-corrected chi connectivity index (χ0v) is 10.4. The number of nitrogens with zero attached hydrogens (tertiary/aromatic N) is 2. The van der Waals surface area contributed by atoms with Crippen molar-refractivity contribution in [3.63, 3.8) is 0 Å². The maximum atomic E-state index is 5.92. The molecule has 0 atom stereocenters. The largest absolute Gasteiger partial charge is 0.398 e. The average Bonchev–Trinajstić information content (AvgIpc) is 2.66. The van der Waals surface area contributed by atoms with E-state index in [0.29, 0.717) is 5.02 Å². The van der Waals surface area contributed by atoms with Crippen molar-refractivity contribution >= 4 is 29.1 Å². The number of anilines is 1. The number of nitrogens with two attached hydrogens (primary N) is 1. The number of aryl methyl sites for hydroxylation is 1. The van der Waals surface area contributed by atoms with Crippen LogP contribution in [0.1, 0.15) is 5.69 Å². The molecule has 2 N–H and O–H groups in total. The van der Waals surface area contributed by atoms with Gasteiger partial charge in [-0.05, 0) is 18.2 Å². The molecule has 0 amide bonds. The second kappa shape index (κ2) is 4.80. The first kappa shape index (κ1) is 11.4. The van der Waals surface area contributed by atoms with Gasteiger partial charge in [-0.1, -0.05) is 11.6 Å². The van der Waals surface area contributed by atoms with Gasteiger partial charge < -0.3 is 10.3 Å². The zero-order chi connectivity index (χ0) is 11.5. The highest BCUT2D eigenvalue weighted by Crippen LogP contribution is 2.30. The maximum absolute atomic E-state index is 5.92. The molecule has 1 heterocycles. The Morgan fingerprint density at radius 3 is 3.00 bits per heavy atom. The third kappa shape index (κ3) is 2.51. The van der Waals surface area contributed by atoms with Gasteiger partial charge in [0.1, 0.15) is 0 Å². The summed E-state index contributed by atoms with van der Waals surface area (Å²) in [4.78, 5) is 5.07. The minimum atomic E-state index is 0.710. The Kier molecular flexibility index (Phi) is 3.41. The second-order valence-corrected chi connectivity index (χ2v) is 4.92. The van der Waals surface area contributed by atoms with Gasteiger partial charge >= 0.3 is 0 Å². The summed E-state index contributed by atoms with van der Waals surface area (Å²) in [7, 11) is 1.98. The van der Waals surface area contributed by atoms with Crippen molar-refractivity contribution in [3.8, 4) is 0 Å². The molecule has 5 heteroatoms. The Morgan fingerprint density at radius 2 is 2.31 bits per heavy atom. The lowest BCUT2D eigenvalue weighted by Gasteiger charge is -2.06. The van der Waals surface area contributed by atoms with Gasteiger partial charge in [0.05, 0.1) is 6.33 Å². The van der Waals surface area contributed by atoms with E-state index >= 15 is 0 Å². The van der Waals surface area contributed by atoms with E-state index in [2.05, 4.69) is 4.98 Å². The number of halogens is 1. The summed E-state index contributed by atoms with van der Waals surface area (Å²) in [5.74, 6) is 0.834. The lowest BCUT2D eigenvalue weighted by molar-refractivity contribution is 0.867. The first-order valence-electron chi connectivity index (χ1n) is 4.80. The number of aromatic nitrogens is 2. The van der Waals surface area contributed by atoms with Crippen LogP contribution in [0.25, 0.3) is 0 Å². The van der Waals surface area contributed by atoms with Gasteiger partial charge in [-0.3, -0.25) is 0 Å². The SMILES string of the molecule is Cn1cncc1CSc1cc(Cl)ccc1N. The molecule has 0 aliphatic rings. The van der Waals surface area contributed by atoms with E-state index in [-0.39, 0.29) is 0 Å². The predicted molar refractivity (Wildman–Crippen MR) is 68.6 cm³/mol.